The lowest BCUT2D eigenvalue weighted by atomic mass is 9.87. The summed E-state index contributed by atoms with van der Waals surface area (Å²) in [5, 5.41) is 0.527. The zero-order valence-electron chi connectivity index (χ0n) is 11.7. The van der Waals surface area contributed by atoms with Gasteiger partial charge in [-0.2, -0.15) is 0 Å². The second kappa shape index (κ2) is 5.43. The molecular weight excluding hydrogens is 246 g/mol. The van der Waals surface area contributed by atoms with Gasteiger partial charge >= 0.3 is 0 Å². The predicted octanol–water partition coefficient (Wildman–Crippen LogP) is 3.76. The maximum Gasteiger partial charge on any atom is 0.171 e. The number of aryl methyl sites for hydroxylation is 2. The normalized spacial score (nSPS) is 24.1. The van der Waals surface area contributed by atoms with Crippen LogP contribution < -0.4 is 4.90 Å². The second-order valence-corrected chi connectivity index (χ2v) is 5.89. The summed E-state index contributed by atoms with van der Waals surface area (Å²) < 4.78 is 0. The van der Waals surface area contributed by atoms with E-state index in [1.807, 2.05) is 13.8 Å². The second-order valence-electron chi connectivity index (χ2n) is 5.53. The van der Waals surface area contributed by atoms with Crippen LogP contribution in [0.4, 0.5) is 5.82 Å². The van der Waals surface area contributed by atoms with E-state index in [0.717, 1.165) is 23.1 Å². The highest BCUT2D eigenvalue weighted by Crippen LogP contribution is 2.31. The third-order valence-electron chi connectivity index (χ3n) is 4.11. The molecule has 1 aliphatic carbocycles. The van der Waals surface area contributed by atoms with Crippen LogP contribution in [0.1, 0.15) is 44.0 Å². The number of halogens is 1. The number of rotatable bonds is 2. The average Bonchev–Trinajstić information content (AvgIpc) is 2.34. The van der Waals surface area contributed by atoms with Crippen molar-refractivity contribution in [3.8, 4) is 0 Å². The lowest BCUT2D eigenvalue weighted by molar-refractivity contribution is 0.340. The highest BCUT2D eigenvalue weighted by Gasteiger charge is 2.24. The summed E-state index contributed by atoms with van der Waals surface area (Å²) >= 11 is 6.23. The van der Waals surface area contributed by atoms with Crippen molar-refractivity contribution >= 4 is 17.4 Å². The van der Waals surface area contributed by atoms with Gasteiger partial charge in [-0.1, -0.05) is 18.5 Å². The molecule has 0 spiro atoms. The summed E-state index contributed by atoms with van der Waals surface area (Å²) in [4.78, 5) is 11.2. The predicted molar refractivity (Wildman–Crippen MR) is 76.3 cm³/mol. The molecule has 100 valence electrons. The van der Waals surface area contributed by atoms with Crippen LogP contribution in [-0.4, -0.2) is 23.1 Å². The molecular formula is C14H22ClN3. The van der Waals surface area contributed by atoms with E-state index < -0.39 is 0 Å². The van der Waals surface area contributed by atoms with E-state index in [9.17, 15) is 0 Å². The Kier molecular flexibility index (Phi) is 4.10. The number of aromatic nitrogens is 2. The highest BCUT2D eigenvalue weighted by atomic mass is 35.5. The molecule has 0 unspecified atom stereocenters. The fourth-order valence-electron chi connectivity index (χ4n) is 2.59. The molecule has 0 aliphatic heterocycles. The minimum atomic E-state index is 0.527. The summed E-state index contributed by atoms with van der Waals surface area (Å²) in [7, 11) is 2.09. The fourth-order valence-corrected chi connectivity index (χ4v) is 2.89. The summed E-state index contributed by atoms with van der Waals surface area (Å²) in [6.07, 6.45) is 5.04. The molecule has 3 nitrogen and oxygen atoms in total. The van der Waals surface area contributed by atoms with Crippen molar-refractivity contribution in [2.75, 3.05) is 11.9 Å². The van der Waals surface area contributed by atoms with Crippen molar-refractivity contribution < 1.29 is 0 Å². The first-order valence-corrected chi connectivity index (χ1v) is 7.10. The fraction of sp³-hybridized carbons (Fsp3) is 0.714. The van der Waals surface area contributed by atoms with Gasteiger partial charge in [-0.05, 0) is 45.4 Å². The molecule has 18 heavy (non-hydrogen) atoms. The Morgan fingerprint density at radius 3 is 2.22 bits per heavy atom. The molecule has 0 amide bonds. The summed E-state index contributed by atoms with van der Waals surface area (Å²) in [6.45, 7) is 6.26. The van der Waals surface area contributed by atoms with Crippen molar-refractivity contribution in [3.05, 3.63) is 16.5 Å². The van der Waals surface area contributed by atoms with Crippen LogP contribution in [0.15, 0.2) is 0 Å². The molecule has 1 aromatic rings. The molecule has 2 rings (SSSR count). The SMILES string of the molecule is Cc1nc(Cl)c(N(C)C2CCC(C)CC2)nc1C. The van der Waals surface area contributed by atoms with E-state index in [-0.39, 0.29) is 0 Å². The van der Waals surface area contributed by atoms with Crippen molar-refractivity contribution in [2.24, 2.45) is 5.92 Å². The Bertz CT molecular complexity index is 425. The first-order chi connectivity index (χ1) is 8.49. The first-order valence-electron chi connectivity index (χ1n) is 6.72. The van der Waals surface area contributed by atoms with Crippen molar-refractivity contribution in [3.63, 3.8) is 0 Å². The molecule has 4 heteroatoms. The van der Waals surface area contributed by atoms with Gasteiger partial charge in [-0.3, -0.25) is 0 Å². The van der Waals surface area contributed by atoms with Gasteiger partial charge in [0.25, 0.3) is 0 Å². The zero-order chi connectivity index (χ0) is 13.3. The highest BCUT2D eigenvalue weighted by molar-refractivity contribution is 6.31. The van der Waals surface area contributed by atoms with Gasteiger partial charge in [0.05, 0.1) is 11.4 Å². The van der Waals surface area contributed by atoms with E-state index in [1.165, 1.54) is 25.7 Å². The van der Waals surface area contributed by atoms with Crippen molar-refractivity contribution in [2.45, 2.75) is 52.5 Å². The van der Waals surface area contributed by atoms with Crippen LogP contribution in [0.2, 0.25) is 5.15 Å². The molecule has 0 atom stereocenters. The number of hydrogen-bond donors (Lipinski definition) is 0. The third-order valence-corrected chi connectivity index (χ3v) is 4.37. The topological polar surface area (TPSA) is 29.0 Å². The van der Waals surface area contributed by atoms with Crippen LogP contribution >= 0.6 is 11.6 Å². The maximum absolute atomic E-state index is 6.23. The van der Waals surface area contributed by atoms with E-state index in [1.54, 1.807) is 0 Å². The van der Waals surface area contributed by atoms with Gasteiger partial charge in [0.15, 0.2) is 11.0 Å². The zero-order valence-corrected chi connectivity index (χ0v) is 12.5. The first kappa shape index (κ1) is 13.6. The quantitative estimate of drug-likeness (QED) is 0.817. The minimum Gasteiger partial charge on any atom is -0.354 e. The van der Waals surface area contributed by atoms with Crippen LogP contribution in [0.25, 0.3) is 0 Å². The van der Waals surface area contributed by atoms with Gasteiger partial charge in [-0.15, -0.1) is 0 Å². The summed E-state index contributed by atoms with van der Waals surface area (Å²) in [5.41, 5.74) is 1.87. The van der Waals surface area contributed by atoms with Crippen molar-refractivity contribution in [1.82, 2.24) is 9.97 Å². The summed E-state index contributed by atoms with van der Waals surface area (Å²) in [5.74, 6) is 1.69. The van der Waals surface area contributed by atoms with E-state index >= 15 is 0 Å². The van der Waals surface area contributed by atoms with Crippen LogP contribution in [0.5, 0.6) is 0 Å². The number of nitrogens with zero attached hydrogens (tertiary/aromatic N) is 3. The molecule has 0 aromatic carbocycles. The van der Waals surface area contributed by atoms with E-state index in [0.29, 0.717) is 11.2 Å². The smallest absolute Gasteiger partial charge is 0.171 e. The maximum atomic E-state index is 6.23. The summed E-state index contributed by atoms with van der Waals surface area (Å²) in [6, 6.07) is 0.551. The van der Waals surface area contributed by atoms with Crippen LogP contribution in [0, 0.1) is 19.8 Å². The third kappa shape index (κ3) is 2.77. The molecule has 0 N–H and O–H groups in total. The lowest BCUT2D eigenvalue weighted by Gasteiger charge is -2.34. The number of hydrogen-bond acceptors (Lipinski definition) is 3. The Hall–Kier alpha value is -0.830. The van der Waals surface area contributed by atoms with Crippen molar-refractivity contribution in [1.29, 1.82) is 0 Å². The number of anilines is 1. The van der Waals surface area contributed by atoms with Gasteiger partial charge in [0, 0.05) is 13.1 Å². The Morgan fingerprint density at radius 2 is 1.61 bits per heavy atom. The van der Waals surface area contributed by atoms with Gasteiger partial charge in [0.1, 0.15) is 0 Å². The molecule has 1 heterocycles. The molecule has 0 radical (unpaired) electrons. The van der Waals surface area contributed by atoms with Crippen LogP contribution in [-0.2, 0) is 0 Å². The molecule has 1 fully saturated rings. The lowest BCUT2D eigenvalue weighted by Crippen LogP contribution is -2.35. The monoisotopic (exact) mass is 267 g/mol. The van der Waals surface area contributed by atoms with Gasteiger partial charge in [0.2, 0.25) is 0 Å². The standard InChI is InChI=1S/C14H22ClN3/c1-9-5-7-12(8-6-9)18(4)14-13(15)16-10(2)11(3)17-14/h9,12H,5-8H2,1-4H3. The Morgan fingerprint density at radius 1 is 1.06 bits per heavy atom. The molecule has 1 aliphatic rings. The Balaban J connectivity index is 2.18. The molecule has 0 saturated heterocycles. The van der Waals surface area contributed by atoms with E-state index in [2.05, 4.69) is 28.8 Å². The minimum absolute atomic E-state index is 0.527. The Labute approximate surface area is 115 Å². The molecule has 1 saturated carbocycles. The molecule has 1 aromatic heterocycles. The van der Waals surface area contributed by atoms with E-state index in [4.69, 9.17) is 11.6 Å². The van der Waals surface area contributed by atoms with Gasteiger partial charge < -0.3 is 4.90 Å². The molecule has 0 bridgehead atoms. The van der Waals surface area contributed by atoms with Crippen LogP contribution in [0.3, 0.4) is 0 Å². The largest absolute Gasteiger partial charge is 0.354 e. The van der Waals surface area contributed by atoms with Gasteiger partial charge in [-0.25, -0.2) is 9.97 Å². The average molecular weight is 268 g/mol.